The lowest BCUT2D eigenvalue weighted by molar-refractivity contribution is 0.102. The summed E-state index contributed by atoms with van der Waals surface area (Å²) in [6.45, 7) is 0.301. The van der Waals surface area contributed by atoms with Crippen LogP contribution < -0.4 is 11.1 Å². The van der Waals surface area contributed by atoms with E-state index in [0.717, 1.165) is 4.88 Å². The molecule has 2 rings (SSSR count). The predicted molar refractivity (Wildman–Crippen MR) is 70.2 cm³/mol. The number of aromatic nitrogens is 2. The molecule has 0 radical (unpaired) electrons. The van der Waals surface area contributed by atoms with Crippen LogP contribution in [0, 0.1) is 11.8 Å². The Morgan fingerprint density at radius 1 is 1.50 bits per heavy atom. The second kappa shape index (κ2) is 5.91. The third-order valence-corrected chi connectivity index (χ3v) is 2.79. The summed E-state index contributed by atoms with van der Waals surface area (Å²) in [5, 5.41) is 3.19. The van der Waals surface area contributed by atoms with Gasteiger partial charge in [-0.05, 0) is 12.1 Å². The third-order valence-electron chi connectivity index (χ3n) is 1.96. The SMILES string of the molecule is NCC#Cc1cnc(NC(=O)c2cccnc2)s1. The van der Waals surface area contributed by atoms with Crippen molar-refractivity contribution in [2.75, 3.05) is 11.9 Å². The smallest absolute Gasteiger partial charge is 0.259 e. The van der Waals surface area contributed by atoms with E-state index >= 15 is 0 Å². The molecule has 0 bridgehead atoms. The first-order valence-electron chi connectivity index (χ1n) is 5.16. The van der Waals surface area contributed by atoms with E-state index in [1.54, 1.807) is 24.5 Å². The van der Waals surface area contributed by atoms with Gasteiger partial charge in [-0.1, -0.05) is 23.2 Å². The van der Waals surface area contributed by atoms with Gasteiger partial charge < -0.3 is 5.73 Å². The molecule has 0 aliphatic heterocycles. The highest BCUT2D eigenvalue weighted by Gasteiger charge is 2.08. The zero-order valence-electron chi connectivity index (χ0n) is 9.38. The molecule has 0 spiro atoms. The average Bonchev–Trinajstić information content (AvgIpc) is 2.85. The number of nitrogens with one attached hydrogen (secondary N) is 1. The fourth-order valence-electron chi connectivity index (χ4n) is 1.19. The van der Waals surface area contributed by atoms with Crippen LogP contribution in [0.2, 0.25) is 0 Å². The molecule has 0 saturated carbocycles. The van der Waals surface area contributed by atoms with Crippen molar-refractivity contribution in [1.82, 2.24) is 9.97 Å². The standard InChI is InChI=1S/C12H10N4OS/c13-5-1-4-10-8-15-12(18-10)16-11(17)9-3-2-6-14-7-9/h2-3,6-8H,5,13H2,(H,15,16,17). The second-order valence-electron chi connectivity index (χ2n) is 3.23. The maximum absolute atomic E-state index is 11.8. The van der Waals surface area contributed by atoms with E-state index in [2.05, 4.69) is 27.1 Å². The topological polar surface area (TPSA) is 80.9 Å². The molecule has 0 atom stereocenters. The summed E-state index contributed by atoms with van der Waals surface area (Å²) < 4.78 is 0. The van der Waals surface area contributed by atoms with E-state index in [1.807, 2.05) is 0 Å². The number of hydrogen-bond donors (Lipinski definition) is 2. The number of hydrogen-bond acceptors (Lipinski definition) is 5. The number of rotatable bonds is 2. The van der Waals surface area contributed by atoms with Crippen molar-refractivity contribution in [3.63, 3.8) is 0 Å². The molecule has 2 heterocycles. The zero-order chi connectivity index (χ0) is 12.8. The van der Waals surface area contributed by atoms with Crippen molar-refractivity contribution < 1.29 is 4.79 Å². The Balaban J connectivity index is 2.06. The van der Waals surface area contributed by atoms with Crippen LogP contribution in [0.1, 0.15) is 15.2 Å². The van der Waals surface area contributed by atoms with Gasteiger partial charge in [0.2, 0.25) is 0 Å². The van der Waals surface area contributed by atoms with Crippen LogP contribution in [-0.2, 0) is 0 Å². The van der Waals surface area contributed by atoms with Crippen LogP contribution >= 0.6 is 11.3 Å². The van der Waals surface area contributed by atoms with Crippen LogP contribution in [0.5, 0.6) is 0 Å². The van der Waals surface area contributed by atoms with Gasteiger partial charge in [-0.25, -0.2) is 4.98 Å². The van der Waals surface area contributed by atoms with Gasteiger partial charge in [0.15, 0.2) is 5.13 Å². The number of carbonyl (C=O) groups excluding carboxylic acids is 1. The summed E-state index contributed by atoms with van der Waals surface area (Å²) in [4.78, 5) is 20.5. The van der Waals surface area contributed by atoms with Gasteiger partial charge in [0.05, 0.1) is 23.2 Å². The van der Waals surface area contributed by atoms with Crippen molar-refractivity contribution in [3.8, 4) is 11.8 Å². The summed E-state index contributed by atoms with van der Waals surface area (Å²) in [6.07, 6.45) is 4.71. The van der Waals surface area contributed by atoms with E-state index < -0.39 is 0 Å². The van der Waals surface area contributed by atoms with Gasteiger partial charge in [0.25, 0.3) is 5.91 Å². The van der Waals surface area contributed by atoms with E-state index in [1.165, 1.54) is 17.5 Å². The van der Waals surface area contributed by atoms with Crippen LogP contribution in [0.3, 0.4) is 0 Å². The minimum Gasteiger partial charge on any atom is -0.320 e. The van der Waals surface area contributed by atoms with Crippen molar-refractivity contribution >= 4 is 22.4 Å². The highest BCUT2D eigenvalue weighted by atomic mass is 32.1. The molecule has 0 saturated heterocycles. The van der Waals surface area contributed by atoms with Gasteiger partial charge in [0.1, 0.15) is 0 Å². The monoisotopic (exact) mass is 258 g/mol. The maximum atomic E-state index is 11.8. The molecule has 0 aliphatic rings. The lowest BCUT2D eigenvalue weighted by Gasteiger charge is -1.99. The molecule has 1 amide bonds. The lowest BCUT2D eigenvalue weighted by Crippen LogP contribution is -2.11. The Morgan fingerprint density at radius 3 is 3.11 bits per heavy atom. The van der Waals surface area contributed by atoms with Crippen molar-refractivity contribution in [2.24, 2.45) is 5.73 Å². The van der Waals surface area contributed by atoms with Crippen LogP contribution in [-0.4, -0.2) is 22.4 Å². The first-order chi connectivity index (χ1) is 8.79. The van der Waals surface area contributed by atoms with Crippen LogP contribution in [0.4, 0.5) is 5.13 Å². The molecular weight excluding hydrogens is 248 g/mol. The highest BCUT2D eigenvalue weighted by Crippen LogP contribution is 2.17. The molecule has 2 aromatic rings. The average molecular weight is 258 g/mol. The van der Waals surface area contributed by atoms with E-state index in [0.29, 0.717) is 17.2 Å². The summed E-state index contributed by atoms with van der Waals surface area (Å²) in [5.41, 5.74) is 5.76. The van der Waals surface area contributed by atoms with Gasteiger partial charge in [-0.15, -0.1) is 0 Å². The molecule has 90 valence electrons. The predicted octanol–water partition coefficient (Wildman–Crippen LogP) is 1.10. The lowest BCUT2D eigenvalue weighted by atomic mass is 10.3. The Bertz CT molecular complexity index is 597. The van der Waals surface area contributed by atoms with Crippen molar-refractivity contribution in [3.05, 3.63) is 41.2 Å². The van der Waals surface area contributed by atoms with Crippen LogP contribution in [0.25, 0.3) is 0 Å². The van der Waals surface area contributed by atoms with Crippen molar-refractivity contribution in [2.45, 2.75) is 0 Å². The second-order valence-corrected chi connectivity index (χ2v) is 4.26. The number of anilines is 1. The third kappa shape index (κ3) is 3.13. The van der Waals surface area contributed by atoms with Gasteiger partial charge in [-0.2, -0.15) is 0 Å². The maximum Gasteiger partial charge on any atom is 0.259 e. The number of carbonyl (C=O) groups is 1. The van der Waals surface area contributed by atoms with E-state index in [-0.39, 0.29) is 5.91 Å². The molecule has 5 nitrogen and oxygen atoms in total. The number of nitrogens with two attached hydrogens (primary N) is 1. The quantitative estimate of drug-likeness (QED) is 0.790. The molecule has 2 aromatic heterocycles. The number of thiazole rings is 1. The van der Waals surface area contributed by atoms with Gasteiger partial charge in [-0.3, -0.25) is 15.1 Å². The highest BCUT2D eigenvalue weighted by molar-refractivity contribution is 7.16. The first-order valence-corrected chi connectivity index (χ1v) is 5.97. The molecule has 0 aliphatic carbocycles. The number of pyridine rings is 1. The molecule has 3 N–H and O–H groups in total. The normalized spacial score (nSPS) is 9.39. The van der Waals surface area contributed by atoms with Crippen molar-refractivity contribution in [1.29, 1.82) is 0 Å². The Kier molecular flexibility index (Phi) is 4.02. The van der Waals surface area contributed by atoms with Gasteiger partial charge in [0, 0.05) is 12.4 Å². The summed E-state index contributed by atoms with van der Waals surface area (Å²) in [6, 6.07) is 3.39. The first kappa shape index (κ1) is 12.2. The van der Waals surface area contributed by atoms with Crippen LogP contribution in [0.15, 0.2) is 30.7 Å². The molecule has 0 unspecified atom stereocenters. The minimum absolute atomic E-state index is 0.240. The molecule has 0 aromatic carbocycles. The molecule has 6 heteroatoms. The fraction of sp³-hybridized carbons (Fsp3) is 0.0833. The van der Waals surface area contributed by atoms with Gasteiger partial charge >= 0.3 is 0 Å². The van der Waals surface area contributed by atoms with E-state index in [9.17, 15) is 4.79 Å². The number of nitrogens with zero attached hydrogens (tertiary/aromatic N) is 2. The fourth-order valence-corrected chi connectivity index (χ4v) is 1.88. The summed E-state index contributed by atoms with van der Waals surface area (Å²) in [5.74, 6) is 5.34. The Morgan fingerprint density at radius 2 is 2.39 bits per heavy atom. The Labute approximate surface area is 108 Å². The zero-order valence-corrected chi connectivity index (χ0v) is 10.2. The molecular formula is C12H10N4OS. The Hall–Kier alpha value is -2.23. The summed E-state index contributed by atoms with van der Waals surface area (Å²) >= 11 is 1.30. The largest absolute Gasteiger partial charge is 0.320 e. The molecule has 0 fully saturated rings. The summed E-state index contributed by atoms with van der Waals surface area (Å²) in [7, 11) is 0. The molecule has 18 heavy (non-hydrogen) atoms. The van der Waals surface area contributed by atoms with E-state index in [4.69, 9.17) is 5.73 Å². The minimum atomic E-state index is -0.240. The number of amides is 1.